The van der Waals surface area contributed by atoms with Crippen LogP contribution in [0.1, 0.15) is 45.1 Å². The second-order valence-electron chi connectivity index (χ2n) is 7.96. The van der Waals surface area contributed by atoms with E-state index in [-0.39, 0.29) is 37.5 Å². The van der Waals surface area contributed by atoms with Gasteiger partial charge < -0.3 is 14.8 Å². The minimum absolute atomic E-state index is 0.136. The van der Waals surface area contributed by atoms with Crippen molar-refractivity contribution >= 4 is 22.7 Å². The van der Waals surface area contributed by atoms with Crippen LogP contribution in [-0.4, -0.2) is 62.4 Å². The number of aromatic amines is 2. The van der Waals surface area contributed by atoms with Crippen molar-refractivity contribution in [1.82, 2.24) is 25.0 Å². The Morgan fingerprint density at radius 1 is 1.10 bits per heavy atom. The molecule has 3 aromatic rings. The van der Waals surface area contributed by atoms with Crippen molar-refractivity contribution in [3.05, 3.63) is 53.0 Å². The van der Waals surface area contributed by atoms with Gasteiger partial charge >= 0.3 is 0 Å². The fraction of sp³-hybridized carbons (Fsp3) is 0.381. The Bertz CT molecular complexity index is 1100. The van der Waals surface area contributed by atoms with Gasteiger partial charge in [0.15, 0.2) is 5.69 Å². The van der Waals surface area contributed by atoms with Crippen LogP contribution in [0, 0.1) is 0 Å². The highest BCUT2D eigenvalue weighted by atomic mass is 19.3. The van der Waals surface area contributed by atoms with E-state index >= 15 is 0 Å². The molecule has 2 amide bonds. The number of para-hydroxylation sites is 1. The molecule has 1 fully saturated rings. The number of benzene rings is 1. The number of fused-ring (bicyclic) bond motifs is 2. The normalized spacial score (nSPS) is 18.5. The van der Waals surface area contributed by atoms with E-state index < -0.39 is 18.4 Å². The van der Waals surface area contributed by atoms with Gasteiger partial charge in [-0.05, 0) is 18.6 Å². The predicted octanol–water partition coefficient (Wildman–Crippen LogP) is 2.96. The van der Waals surface area contributed by atoms with Crippen LogP contribution >= 0.6 is 0 Å². The molecule has 0 saturated carbocycles. The van der Waals surface area contributed by atoms with Gasteiger partial charge in [-0.2, -0.15) is 5.10 Å². The van der Waals surface area contributed by atoms with Gasteiger partial charge in [-0.3, -0.25) is 14.7 Å². The lowest BCUT2D eigenvalue weighted by atomic mass is 10.0. The van der Waals surface area contributed by atoms with E-state index in [1.54, 1.807) is 4.90 Å². The van der Waals surface area contributed by atoms with Crippen molar-refractivity contribution in [2.45, 2.75) is 31.7 Å². The number of carbonyl (C=O) groups is 2. The molecule has 0 bridgehead atoms. The molecule has 7 nitrogen and oxygen atoms in total. The van der Waals surface area contributed by atoms with Crippen LogP contribution in [0.25, 0.3) is 10.9 Å². The number of rotatable bonds is 2. The van der Waals surface area contributed by atoms with Crippen LogP contribution in [0.2, 0.25) is 0 Å². The Labute approximate surface area is 171 Å². The van der Waals surface area contributed by atoms with Gasteiger partial charge in [0.1, 0.15) is 5.69 Å². The molecule has 1 aromatic carbocycles. The van der Waals surface area contributed by atoms with E-state index in [0.29, 0.717) is 24.2 Å². The summed E-state index contributed by atoms with van der Waals surface area (Å²) in [5.74, 6) is -3.55. The van der Waals surface area contributed by atoms with Crippen LogP contribution < -0.4 is 0 Å². The molecule has 30 heavy (non-hydrogen) atoms. The molecule has 1 saturated heterocycles. The maximum Gasteiger partial charge on any atom is 0.274 e. The zero-order valence-electron chi connectivity index (χ0n) is 16.3. The molecule has 156 valence electrons. The minimum atomic E-state index is -2.87. The standard InChI is InChI=1S/C21H21F2N5O2/c22-21(23)7-3-8-28(12-21)20(30)18-14-11-27(9-6-16(14)25-26-18)19(29)17-10-13-4-1-2-5-15(13)24-17/h1-2,4-5,10,24H,3,6-9,11-12H2,(H,25,26). The smallest absolute Gasteiger partial charge is 0.274 e. The van der Waals surface area contributed by atoms with Crippen LogP contribution in [-0.2, 0) is 13.0 Å². The summed E-state index contributed by atoms with van der Waals surface area (Å²) in [5.41, 5.74) is 2.89. The molecular formula is C21H21F2N5O2. The number of halogens is 2. The summed E-state index contributed by atoms with van der Waals surface area (Å²) >= 11 is 0. The monoisotopic (exact) mass is 413 g/mol. The number of piperidine rings is 1. The van der Waals surface area contributed by atoms with Crippen LogP contribution in [0.5, 0.6) is 0 Å². The predicted molar refractivity (Wildman–Crippen MR) is 105 cm³/mol. The van der Waals surface area contributed by atoms with E-state index in [2.05, 4.69) is 15.2 Å². The summed E-state index contributed by atoms with van der Waals surface area (Å²) in [5, 5.41) is 7.92. The van der Waals surface area contributed by atoms with E-state index in [4.69, 9.17) is 0 Å². The third kappa shape index (κ3) is 3.24. The van der Waals surface area contributed by atoms with Crippen molar-refractivity contribution in [2.24, 2.45) is 0 Å². The van der Waals surface area contributed by atoms with Gasteiger partial charge in [0.2, 0.25) is 0 Å². The summed E-state index contributed by atoms with van der Waals surface area (Å²) in [6.45, 7) is 0.392. The second-order valence-corrected chi connectivity index (χ2v) is 7.96. The molecule has 0 atom stereocenters. The first-order chi connectivity index (χ1) is 14.4. The van der Waals surface area contributed by atoms with Crippen molar-refractivity contribution < 1.29 is 18.4 Å². The fourth-order valence-electron chi connectivity index (χ4n) is 4.29. The number of hydrogen-bond donors (Lipinski definition) is 2. The van der Waals surface area contributed by atoms with Crippen molar-refractivity contribution in [3.63, 3.8) is 0 Å². The largest absolute Gasteiger partial charge is 0.351 e. The number of aromatic nitrogens is 3. The van der Waals surface area contributed by atoms with Gasteiger partial charge in [0, 0.05) is 48.1 Å². The highest BCUT2D eigenvalue weighted by molar-refractivity contribution is 5.98. The SMILES string of the molecule is O=C(c1cc2ccccc2[nH]1)N1CCc2[nH]nc(C(=O)N3CCCC(F)(F)C3)c2C1. The lowest BCUT2D eigenvalue weighted by molar-refractivity contribution is -0.0561. The highest BCUT2D eigenvalue weighted by Gasteiger charge is 2.39. The van der Waals surface area contributed by atoms with Crippen molar-refractivity contribution in [2.75, 3.05) is 19.6 Å². The van der Waals surface area contributed by atoms with Gasteiger partial charge in [0.05, 0.1) is 13.1 Å². The summed E-state index contributed by atoms with van der Waals surface area (Å²) in [7, 11) is 0. The lowest BCUT2D eigenvalue weighted by Crippen LogP contribution is -2.46. The molecule has 9 heteroatoms. The van der Waals surface area contributed by atoms with E-state index in [9.17, 15) is 18.4 Å². The number of alkyl halides is 2. The highest BCUT2D eigenvalue weighted by Crippen LogP contribution is 2.29. The Balaban J connectivity index is 1.38. The summed E-state index contributed by atoms with van der Waals surface area (Å²) in [6.07, 6.45) is 0.580. The van der Waals surface area contributed by atoms with Crippen LogP contribution in [0.4, 0.5) is 8.78 Å². The number of likely N-dealkylation sites (tertiary alicyclic amines) is 1. The average molecular weight is 413 g/mol. The van der Waals surface area contributed by atoms with Crippen LogP contribution in [0.15, 0.2) is 30.3 Å². The molecule has 2 aliphatic heterocycles. The number of nitrogens with one attached hydrogen (secondary N) is 2. The Kier molecular flexibility index (Phi) is 4.34. The first-order valence-electron chi connectivity index (χ1n) is 10.0. The Morgan fingerprint density at radius 2 is 1.93 bits per heavy atom. The maximum absolute atomic E-state index is 13.8. The molecule has 0 spiro atoms. The van der Waals surface area contributed by atoms with Crippen molar-refractivity contribution in [3.8, 4) is 0 Å². The van der Waals surface area contributed by atoms with Gasteiger partial charge in [-0.1, -0.05) is 18.2 Å². The summed E-state index contributed by atoms with van der Waals surface area (Å²) in [6, 6.07) is 9.45. The number of carbonyl (C=O) groups excluding carboxylic acids is 2. The first-order valence-corrected chi connectivity index (χ1v) is 10.0. The molecule has 4 heterocycles. The zero-order chi connectivity index (χ0) is 20.9. The van der Waals surface area contributed by atoms with E-state index in [1.807, 2.05) is 30.3 Å². The van der Waals surface area contributed by atoms with E-state index in [1.165, 1.54) is 4.90 Å². The van der Waals surface area contributed by atoms with Gasteiger partial charge in [-0.15, -0.1) is 0 Å². The molecule has 5 rings (SSSR count). The maximum atomic E-state index is 13.8. The third-order valence-corrected chi connectivity index (χ3v) is 5.86. The lowest BCUT2D eigenvalue weighted by Gasteiger charge is -2.32. The topological polar surface area (TPSA) is 85.1 Å². The Morgan fingerprint density at radius 3 is 2.73 bits per heavy atom. The van der Waals surface area contributed by atoms with Gasteiger partial charge in [0.25, 0.3) is 17.7 Å². The Hall–Kier alpha value is -3.23. The number of amides is 2. The molecule has 0 unspecified atom stereocenters. The second kappa shape index (κ2) is 6.93. The summed E-state index contributed by atoms with van der Waals surface area (Å²) < 4.78 is 27.5. The number of nitrogens with zero attached hydrogens (tertiary/aromatic N) is 3. The molecule has 0 radical (unpaired) electrons. The fourth-order valence-corrected chi connectivity index (χ4v) is 4.29. The quantitative estimate of drug-likeness (QED) is 0.677. The first kappa shape index (κ1) is 18.8. The number of H-pyrrole nitrogens is 2. The van der Waals surface area contributed by atoms with E-state index in [0.717, 1.165) is 16.6 Å². The summed E-state index contributed by atoms with van der Waals surface area (Å²) in [4.78, 5) is 31.9. The average Bonchev–Trinajstić information content (AvgIpc) is 3.35. The minimum Gasteiger partial charge on any atom is -0.351 e. The van der Waals surface area contributed by atoms with Crippen molar-refractivity contribution in [1.29, 1.82) is 0 Å². The molecular weight excluding hydrogens is 392 g/mol. The number of hydrogen-bond acceptors (Lipinski definition) is 3. The van der Waals surface area contributed by atoms with Gasteiger partial charge in [-0.25, -0.2) is 8.78 Å². The molecule has 2 N–H and O–H groups in total. The molecule has 0 aliphatic carbocycles. The zero-order valence-corrected chi connectivity index (χ0v) is 16.3. The molecule has 2 aliphatic rings. The molecule has 2 aromatic heterocycles. The third-order valence-electron chi connectivity index (χ3n) is 5.86. The van der Waals surface area contributed by atoms with Crippen LogP contribution in [0.3, 0.4) is 0 Å².